The third kappa shape index (κ3) is 4.10. The van der Waals surface area contributed by atoms with Gasteiger partial charge in [-0.2, -0.15) is 0 Å². The zero-order valence-corrected chi connectivity index (χ0v) is 15.5. The molecule has 1 amide bonds. The molecular formula is C21H25NO4. The van der Waals surface area contributed by atoms with E-state index < -0.39 is 0 Å². The molecule has 5 heteroatoms. The highest BCUT2D eigenvalue weighted by Gasteiger charge is 2.32. The summed E-state index contributed by atoms with van der Waals surface area (Å²) in [6.07, 6.45) is 0.866. The van der Waals surface area contributed by atoms with Crippen LogP contribution in [0.15, 0.2) is 42.5 Å². The average Bonchev–Trinajstić information content (AvgIpc) is 2.94. The van der Waals surface area contributed by atoms with Gasteiger partial charge >= 0.3 is 0 Å². The normalized spacial score (nSPS) is 14.3. The summed E-state index contributed by atoms with van der Waals surface area (Å²) in [7, 11) is 0. The van der Waals surface area contributed by atoms with Gasteiger partial charge in [-0.1, -0.05) is 24.3 Å². The molecule has 26 heavy (non-hydrogen) atoms. The Morgan fingerprint density at radius 3 is 2.69 bits per heavy atom. The molecular weight excluding hydrogens is 330 g/mol. The Morgan fingerprint density at radius 1 is 1.12 bits per heavy atom. The highest BCUT2D eigenvalue weighted by molar-refractivity contribution is 5.96. The van der Waals surface area contributed by atoms with Crippen LogP contribution < -0.4 is 19.5 Å². The van der Waals surface area contributed by atoms with Crippen molar-refractivity contribution in [3.63, 3.8) is 0 Å². The smallest absolute Gasteiger partial charge is 0.255 e. The van der Waals surface area contributed by atoms with Gasteiger partial charge in [0, 0.05) is 12.0 Å². The molecule has 0 aliphatic carbocycles. The van der Waals surface area contributed by atoms with Gasteiger partial charge in [-0.3, -0.25) is 4.79 Å². The molecule has 2 aromatic carbocycles. The van der Waals surface area contributed by atoms with Crippen molar-refractivity contribution in [2.75, 3.05) is 19.8 Å². The van der Waals surface area contributed by atoms with Gasteiger partial charge in [0.25, 0.3) is 5.91 Å². The lowest BCUT2D eigenvalue weighted by atomic mass is 10.0. The molecule has 5 nitrogen and oxygen atoms in total. The Kier molecular flexibility index (Phi) is 5.35. The Morgan fingerprint density at radius 2 is 1.88 bits per heavy atom. The number of nitrogens with one attached hydrogen (secondary N) is 1. The van der Waals surface area contributed by atoms with E-state index in [2.05, 4.69) is 25.2 Å². The largest absolute Gasteiger partial charge is 0.493 e. The van der Waals surface area contributed by atoms with Crippen LogP contribution in [0.5, 0.6) is 17.2 Å². The summed E-state index contributed by atoms with van der Waals surface area (Å²) in [5.74, 6) is 1.95. The maximum Gasteiger partial charge on any atom is 0.255 e. The summed E-state index contributed by atoms with van der Waals surface area (Å²) in [6, 6.07) is 13.1. The van der Waals surface area contributed by atoms with Crippen LogP contribution in [-0.2, 0) is 6.42 Å². The molecule has 0 atom stereocenters. The third-order valence-electron chi connectivity index (χ3n) is 4.13. The van der Waals surface area contributed by atoms with Gasteiger partial charge in [-0.25, -0.2) is 0 Å². The number of benzene rings is 2. The van der Waals surface area contributed by atoms with Crippen LogP contribution >= 0.6 is 0 Å². The first-order valence-electron chi connectivity index (χ1n) is 8.94. The van der Waals surface area contributed by atoms with E-state index in [4.69, 9.17) is 14.2 Å². The molecule has 0 saturated carbocycles. The SMILES string of the molecule is CCOc1ccccc1C(=O)NCCOc1cccc2c1OC(C)(C)C2. The number of hydrogen-bond acceptors (Lipinski definition) is 4. The summed E-state index contributed by atoms with van der Waals surface area (Å²) in [5.41, 5.74) is 1.47. The van der Waals surface area contributed by atoms with E-state index in [1.54, 1.807) is 12.1 Å². The zero-order chi connectivity index (χ0) is 18.6. The second-order valence-electron chi connectivity index (χ2n) is 6.82. The maximum absolute atomic E-state index is 12.4. The van der Waals surface area contributed by atoms with Crippen LogP contribution in [0, 0.1) is 0 Å². The topological polar surface area (TPSA) is 56.8 Å². The van der Waals surface area contributed by atoms with E-state index in [1.165, 1.54) is 0 Å². The molecule has 0 unspecified atom stereocenters. The van der Waals surface area contributed by atoms with Crippen LogP contribution in [0.4, 0.5) is 0 Å². The van der Waals surface area contributed by atoms with E-state index in [0.29, 0.717) is 31.1 Å². The molecule has 0 fully saturated rings. The number of fused-ring (bicyclic) bond motifs is 1. The van der Waals surface area contributed by atoms with Crippen LogP contribution in [0.1, 0.15) is 36.7 Å². The summed E-state index contributed by atoms with van der Waals surface area (Å²) in [4.78, 5) is 12.4. The second kappa shape index (κ2) is 7.68. The molecule has 2 aromatic rings. The highest BCUT2D eigenvalue weighted by atomic mass is 16.5. The molecule has 1 aliphatic rings. The fraction of sp³-hybridized carbons (Fsp3) is 0.381. The van der Waals surface area contributed by atoms with Gasteiger partial charge < -0.3 is 19.5 Å². The van der Waals surface area contributed by atoms with Gasteiger partial charge in [-0.15, -0.1) is 0 Å². The number of hydrogen-bond donors (Lipinski definition) is 1. The molecule has 0 bridgehead atoms. The first kappa shape index (κ1) is 18.1. The summed E-state index contributed by atoms with van der Waals surface area (Å²) in [5, 5.41) is 2.87. The van der Waals surface area contributed by atoms with Crippen LogP contribution in [0.2, 0.25) is 0 Å². The Balaban J connectivity index is 1.54. The number of amides is 1. The lowest BCUT2D eigenvalue weighted by Crippen LogP contribution is -2.28. The van der Waals surface area contributed by atoms with E-state index in [9.17, 15) is 4.79 Å². The molecule has 1 aliphatic heterocycles. The lowest BCUT2D eigenvalue weighted by Gasteiger charge is -2.18. The lowest BCUT2D eigenvalue weighted by molar-refractivity contribution is 0.0942. The van der Waals surface area contributed by atoms with Gasteiger partial charge in [-0.05, 0) is 39.0 Å². The first-order valence-corrected chi connectivity index (χ1v) is 8.94. The maximum atomic E-state index is 12.4. The van der Waals surface area contributed by atoms with E-state index in [0.717, 1.165) is 23.5 Å². The van der Waals surface area contributed by atoms with Crippen molar-refractivity contribution in [3.05, 3.63) is 53.6 Å². The van der Waals surface area contributed by atoms with Crippen molar-refractivity contribution >= 4 is 5.91 Å². The fourth-order valence-corrected chi connectivity index (χ4v) is 3.06. The van der Waals surface area contributed by atoms with Gasteiger partial charge in [0.15, 0.2) is 11.5 Å². The van der Waals surface area contributed by atoms with E-state index >= 15 is 0 Å². The molecule has 0 aromatic heterocycles. The molecule has 0 saturated heterocycles. The number of ether oxygens (including phenoxy) is 3. The number of carbonyl (C=O) groups is 1. The Labute approximate surface area is 154 Å². The third-order valence-corrected chi connectivity index (χ3v) is 4.13. The molecule has 3 rings (SSSR count). The molecule has 138 valence electrons. The van der Waals surface area contributed by atoms with Crippen LogP contribution in [0.25, 0.3) is 0 Å². The summed E-state index contributed by atoms with van der Waals surface area (Å²) >= 11 is 0. The summed E-state index contributed by atoms with van der Waals surface area (Å²) < 4.78 is 17.3. The zero-order valence-electron chi connectivity index (χ0n) is 15.5. The number of rotatable bonds is 7. The Hall–Kier alpha value is -2.69. The quantitative estimate of drug-likeness (QED) is 0.771. The van der Waals surface area contributed by atoms with Crippen LogP contribution in [0.3, 0.4) is 0 Å². The predicted octanol–water partition coefficient (Wildman–Crippen LogP) is 3.61. The van der Waals surface area contributed by atoms with Crippen molar-refractivity contribution in [2.24, 2.45) is 0 Å². The first-order chi connectivity index (χ1) is 12.5. The highest BCUT2D eigenvalue weighted by Crippen LogP contribution is 2.41. The predicted molar refractivity (Wildman–Crippen MR) is 100 cm³/mol. The Bertz CT molecular complexity index is 785. The monoisotopic (exact) mass is 355 g/mol. The van der Waals surface area contributed by atoms with Gasteiger partial charge in [0.05, 0.1) is 18.7 Å². The summed E-state index contributed by atoms with van der Waals surface area (Å²) in [6.45, 7) is 7.29. The van der Waals surface area contributed by atoms with Crippen molar-refractivity contribution in [3.8, 4) is 17.2 Å². The van der Waals surface area contributed by atoms with Crippen molar-refractivity contribution < 1.29 is 19.0 Å². The molecule has 0 radical (unpaired) electrons. The molecule has 1 heterocycles. The molecule has 1 N–H and O–H groups in total. The van der Waals surface area contributed by atoms with Gasteiger partial charge in [0.2, 0.25) is 0 Å². The minimum Gasteiger partial charge on any atom is -0.493 e. The van der Waals surface area contributed by atoms with Crippen LogP contribution in [-0.4, -0.2) is 31.3 Å². The van der Waals surface area contributed by atoms with Crippen molar-refractivity contribution in [2.45, 2.75) is 32.8 Å². The fourth-order valence-electron chi connectivity index (χ4n) is 3.06. The van der Waals surface area contributed by atoms with Gasteiger partial charge in [0.1, 0.15) is 18.0 Å². The standard InChI is InChI=1S/C21H25NO4/c1-4-24-17-10-6-5-9-16(17)20(23)22-12-13-25-18-11-7-8-15-14-21(2,3)26-19(15)18/h5-11H,4,12-14H2,1-3H3,(H,22,23). The average molecular weight is 355 g/mol. The second-order valence-corrected chi connectivity index (χ2v) is 6.82. The van der Waals surface area contributed by atoms with Crippen molar-refractivity contribution in [1.82, 2.24) is 5.32 Å². The van der Waals surface area contributed by atoms with E-state index in [1.807, 2.05) is 31.2 Å². The van der Waals surface area contributed by atoms with Crippen molar-refractivity contribution in [1.29, 1.82) is 0 Å². The minimum absolute atomic E-state index is 0.173. The van der Waals surface area contributed by atoms with E-state index in [-0.39, 0.29) is 11.5 Å². The molecule has 0 spiro atoms. The minimum atomic E-state index is -0.209. The number of carbonyl (C=O) groups excluding carboxylic acids is 1. The number of para-hydroxylation sites is 2.